The molecule has 0 aliphatic carbocycles. The van der Waals surface area contributed by atoms with Crippen LogP contribution < -0.4 is 0 Å². The number of carbonyl (C=O) groups excluding carboxylic acids is 1. The normalized spacial score (nSPS) is 21.2. The molecule has 4 heteroatoms. The minimum absolute atomic E-state index is 0.349. The van der Waals surface area contributed by atoms with E-state index >= 15 is 0 Å². The molecule has 3 heterocycles. The average Bonchev–Trinajstić information content (AvgIpc) is 2.66. The maximum Gasteiger partial charge on any atom is 0.222 e. The van der Waals surface area contributed by atoms with Gasteiger partial charge in [-0.05, 0) is 74.7 Å². The van der Waals surface area contributed by atoms with Gasteiger partial charge in [0.25, 0.3) is 0 Å². The summed E-state index contributed by atoms with van der Waals surface area (Å²) in [6.45, 7) is 8.84. The molecule has 0 radical (unpaired) electrons. The van der Waals surface area contributed by atoms with Crippen LogP contribution in [0.4, 0.5) is 0 Å². The van der Waals surface area contributed by atoms with Crippen molar-refractivity contribution in [1.29, 1.82) is 0 Å². The number of rotatable bonds is 6. The average molecular weight is 344 g/mol. The number of amides is 1. The number of hydrogen-bond acceptors (Lipinski definition) is 3. The van der Waals surface area contributed by atoms with Crippen LogP contribution in [-0.4, -0.2) is 52.9 Å². The van der Waals surface area contributed by atoms with Crippen LogP contribution in [0, 0.1) is 5.41 Å². The van der Waals surface area contributed by atoms with Gasteiger partial charge in [0.15, 0.2) is 0 Å². The predicted octanol–water partition coefficient (Wildman–Crippen LogP) is 3.52. The zero-order valence-electron chi connectivity index (χ0n) is 15.9. The Morgan fingerprint density at radius 2 is 1.80 bits per heavy atom. The standard InChI is InChI=1S/C21H33N3O/c1-3-19(4-2)23-15-10-21(11-16-23)9-5-20(25)24(17-21)14-8-18-6-12-22-13-7-18/h6-7,12-13,19H,3-5,8-11,14-17H2,1-2H3. The Morgan fingerprint density at radius 3 is 2.44 bits per heavy atom. The molecule has 0 N–H and O–H groups in total. The first-order valence-corrected chi connectivity index (χ1v) is 10.1. The lowest BCUT2D eigenvalue weighted by atomic mass is 9.72. The number of carbonyl (C=O) groups is 1. The van der Waals surface area contributed by atoms with Crippen molar-refractivity contribution >= 4 is 5.91 Å². The molecular formula is C21H33N3O. The summed E-state index contributed by atoms with van der Waals surface area (Å²) in [5, 5.41) is 0. The van der Waals surface area contributed by atoms with Crippen molar-refractivity contribution < 1.29 is 4.79 Å². The Labute approximate surface area is 152 Å². The summed E-state index contributed by atoms with van der Waals surface area (Å²) < 4.78 is 0. The van der Waals surface area contributed by atoms with Gasteiger partial charge in [0.1, 0.15) is 0 Å². The molecular weight excluding hydrogens is 310 g/mol. The van der Waals surface area contributed by atoms with Gasteiger partial charge in [-0.15, -0.1) is 0 Å². The highest BCUT2D eigenvalue weighted by Gasteiger charge is 2.41. The molecule has 0 aromatic carbocycles. The fourth-order valence-corrected chi connectivity index (χ4v) is 4.70. The van der Waals surface area contributed by atoms with Gasteiger partial charge in [-0.3, -0.25) is 9.78 Å². The summed E-state index contributed by atoms with van der Waals surface area (Å²) in [6.07, 6.45) is 11.4. The highest BCUT2D eigenvalue weighted by molar-refractivity contribution is 5.77. The van der Waals surface area contributed by atoms with Gasteiger partial charge in [0, 0.05) is 37.9 Å². The van der Waals surface area contributed by atoms with Crippen molar-refractivity contribution in [2.45, 2.75) is 64.8 Å². The van der Waals surface area contributed by atoms with Gasteiger partial charge in [-0.25, -0.2) is 0 Å². The molecule has 4 nitrogen and oxygen atoms in total. The summed E-state index contributed by atoms with van der Waals surface area (Å²) in [6, 6.07) is 4.85. The van der Waals surface area contributed by atoms with Crippen molar-refractivity contribution in [3.8, 4) is 0 Å². The monoisotopic (exact) mass is 343 g/mol. The van der Waals surface area contributed by atoms with E-state index in [4.69, 9.17) is 0 Å². The molecule has 2 aliphatic rings. The van der Waals surface area contributed by atoms with Gasteiger partial charge in [0.2, 0.25) is 5.91 Å². The summed E-state index contributed by atoms with van der Waals surface area (Å²) in [5.74, 6) is 0.349. The lowest BCUT2D eigenvalue weighted by Crippen LogP contribution is -2.53. The van der Waals surface area contributed by atoms with E-state index in [0.29, 0.717) is 11.3 Å². The third-order valence-electron chi connectivity index (χ3n) is 6.49. The van der Waals surface area contributed by atoms with Gasteiger partial charge >= 0.3 is 0 Å². The lowest BCUT2D eigenvalue weighted by molar-refractivity contribution is -0.139. The second-order valence-electron chi connectivity index (χ2n) is 7.93. The van der Waals surface area contributed by atoms with Crippen LogP contribution in [0.5, 0.6) is 0 Å². The van der Waals surface area contributed by atoms with E-state index in [0.717, 1.165) is 38.4 Å². The number of aromatic nitrogens is 1. The van der Waals surface area contributed by atoms with Gasteiger partial charge in [-0.1, -0.05) is 13.8 Å². The van der Waals surface area contributed by atoms with Gasteiger partial charge in [0.05, 0.1) is 0 Å². The van der Waals surface area contributed by atoms with Crippen LogP contribution in [0.15, 0.2) is 24.5 Å². The summed E-state index contributed by atoms with van der Waals surface area (Å²) in [7, 11) is 0. The molecule has 1 amide bonds. The molecule has 1 aromatic rings. The third-order valence-corrected chi connectivity index (χ3v) is 6.49. The topological polar surface area (TPSA) is 36.4 Å². The predicted molar refractivity (Wildman–Crippen MR) is 101 cm³/mol. The number of pyridine rings is 1. The summed E-state index contributed by atoms with van der Waals surface area (Å²) in [4.78, 5) is 21.3. The fourth-order valence-electron chi connectivity index (χ4n) is 4.70. The highest BCUT2D eigenvalue weighted by Crippen LogP contribution is 2.40. The molecule has 2 fully saturated rings. The Balaban J connectivity index is 1.56. The fraction of sp³-hybridized carbons (Fsp3) is 0.714. The summed E-state index contributed by atoms with van der Waals surface area (Å²) >= 11 is 0. The van der Waals surface area contributed by atoms with Crippen molar-refractivity contribution in [1.82, 2.24) is 14.8 Å². The van der Waals surface area contributed by atoms with E-state index in [-0.39, 0.29) is 0 Å². The van der Waals surface area contributed by atoms with Crippen molar-refractivity contribution in [2.75, 3.05) is 26.2 Å². The van der Waals surface area contributed by atoms with Gasteiger partial charge in [-0.2, -0.15) is 0 Å². The Kier molecular flexibility index (Phi) is 6.10. The number of hydrogen-bond donors (Lipinski definition) is 0. The highest BCUT2D eigenvalue weighted by atomic mass is 16.2. The van der Waals surface area contributed by atoms with E-state index in [1.165, 1.54) is 44.3 Å². The molecule has 0 unspecified atom stereocenters. The van der Waals surface area contributed by atoms with E-state index < -0.39 is 0 Å². The number of likely N-dealkylation sites (tertiary alicyclic amines) is 2. The molecule has 3 rings (SSSR count). The lowest BCUT2D eigenvalue weighted by Gasteiger charge is -2.49. The zero-order chi connectivity index (χ0) is 17.7. The van der Waals surface area contributed by atoms with Gasteiger partial charge < -0.3 is 9.80 Å². The molecule has 1 spiro atoms. The molecule has 0 saturated carbocycles. The van der Waals surface area contributed by atoms with Crippen LogP contribution >= 0.6 is 0 Å². The van der Waals surface area contributed by atoms with E-state index in [2.05, 4.69) is 40.8 Å². The first-order chi connectivity index (χ1) is 12.2. The maximum absolute atomic E-state index is 12.4. The van der Waals surface area contributed by atoms with E-state index in [9.17, 15) is 4.79 Å². The van der Waals surface area contributed by atoms with E-state index in [1.54, 1.807) is 0 Å². The maximum atomic E-state index is 12.4. The van der Waals surface area contributed by atoms with Crippen LogP contribution in [0.3, 0.4) is 0 Å². The SMILES string of the molecule is CCC(CC)N1CCC2(CCC(=O)N(CCc3ccncc3)C2)CC1. The first kappa shape index (κ1) is 18.4. The number of piperidine rings is 2. The third kappa shape index (κ3) is 4.41. The molecule has 2 aliphatic heterocycles. The minimum Gasteiger partial charge on any atom is -0.342 e. The van der Waals surface area contributed by atoms with Crippen molar-refractivity contribution in [3.05, 3.63) is 30.1 Å². The minimum atomic E-state index is 0.349. The Hall–Kier alpha value is -1.42. The molecule has 25 heavy (non-hydrogen) atoms. The summed E-state index contributed by atoms with van der Waals surface area (Å²) in [5.41, 5.74) is 1.64. The van der Waals surface area contributed by atoms with Crippen LogP contribution in [0.25, 0.3) is 0 Å². The smallest absolute Gasteiger partial charge is 0.222 e. The zero-order valence-corrected chi connectivity index (χ0v) is 15.9. The largest absolute Gasteiger partial charge is 0.342 e. The second kappa shape index (κ2) is 8.31. The van der Waals surface area contributed by atoms with E-state index in [1.807, 2.05) is 12.4 Å². The first-order valence-electron chi connectivity index (χ1n) is 10.1. The Bertz CT molecular complexity index is 548. The number of nitrogens with zero attached hydrogens (tertiary/aromatic N) is 3. The quantitative estimate of drug-likeness (QED) is 0.793. The molecule has 0 bridgehead atoms. The molecule has 1 aromatic heterocycles. The van der Waals surface area contributed by atoms with Crippen molar-refractivity contribution in [2.24, 2.45) is 5.41 Å². The van der Waals surface area contributed by atoms with Crippen LogP contribution in [-0.2, 0) is 11.2 Å². The Morgan fingerprint density at radius 1 is 1.12 bits per heavy atom. The second-order valence-corrected chi connectivity index (χ2v) is 7.93. The molecule has 0 atom stereocenters. The molecule has 2 saturated heterocycles. The van der Waals surface area contributed by atoms with Crippen LogP contribution in [0.2, 0.25) is 0 Å². The molecule has 138 valence electrons. The van der Waals surface area contributed by atoms with Crippen molar-refractivity contribution in [3.63, 3.8) is 0 Å². The van der Waals surface area contributed by atoms with Crippen LogP contribution in [0.1, 0.15) is 57.9 Å².